The summed E-state index contributed by atoms with van der Waals surface area (Å²) in [4.78, 5) is 27.2. The zero-order chi connectivity index (χ0) is 45.8. The number of rotatable bonds is 15. The number of para-hydroxylation sites is 1. The number of anilines is 6. The standard InChI is InChI=1S/C56H40N4O6/c57-37-43(55(61)62)35-39-11-19-45(20-12-39)59(49-27-31-53(32-28-49)65-51-7-3-1-4-8-51)47-23-15-41(16-24-47)42-17-25-48(26-18-42)60(46-21-13-40(14-22-46)36-44(38-58)56(63)64)50-29-33-54(34-30-50)66-52-9-5-2-6-10-52/h1-9,11-36,52H,10H2,(H,61,62)(H,63,64)/b43-35+,44-36+. The largest absolute Gasteiger partial charge is 0.486 e. The van der Waals surface area contributed by atoms with Crippen molar-refractivity contribution in [3.05, 3.63) is 223 Å². The van der Waals surface area contributed by atoms with Gasteiger partial charge in [-0.2, -0.15) is 10.5 Å². The first-order valence-corrected chi connectivity index (χ1v) is 20.9. The van der Waals surface area contributed by atoms with Crippen molar-refractivity contribution in [3.63, 3.8) is 0 Å². The lowest BCUT2D eigenvalue weighted by Crippen LogP contribution is -2.14. The van der Waals surface area contributed by atoms with Crippen LogP contribution in [0.5, 0.6) is 17.2 Å². The van der Waals surface area contributed by atoms with E-state index in [-0.39, 0.29) is 17.3 Å². The molecule has 7 aromatic rings. The third-order valence-corrected chi connectivity index (χ3v) is 10.6. The first-order chi connectivity index (χ1) is 32.2. The Morgan fingerprint density at radius 3 is 1.26 bits per heavy atom. The summed E-state index contributed by atoms with van der Waals surface area (Å²) in [5, 5.41) is 37.4. The lowest BCUT2D eigenvalue weighted by atomic mass is 10.0. The molecule has 0 aromatic heterocycles. The first kappa shape index (κ1) is 43.3. The van der Waals surface area contributed by atoms with Crippen molar-refractivity contribution in [3.8, 4) is 40.5 Å². The number of carboxylic acid groups (broad SMARTS) is 2. The van der Waals surface area contributed by atoms with Gasteiger partial charge in [0, 0.05) is 40.5 Å². The summed E-state index contributed by atoms with van der Waals surface area (Å²) in [5.41, 5.74) is 7.55. The Bertz CT molecular complexity index is 3040. The summed E-state index contributed by atoms with van der Waals surface area (Å²) in [6, 6.07) is 59.7. The molecule has 7 aromatic carbocycles. The highest BCUT2D eigenvalue weighted by atomic mass is 16.5. The maximum atomic E-state index is 11.5. The van der Waals surface area contributed by atoms with E-state index in [4.69, 9.17) is 9.47 Å². The molecule has 0 radical (unpaired) electrons. The molecule has 0 fully saturated rings. The van der Waals surface area contributed by atoms with Gasteiger partial charge in [0.1, 0.15) is 46.6 Å². The van der Waals surface area contributed by atoms with E-state index in [0.717, 1.165) is 63.2 Å². The van der Waals surface area contributed by atoms with Crippen LogP contribution in [0.15, 0.2) is 211 Å². The number of carboxylic acids is 2. The molecule has 1 aliphatic rings. The summed E-state index contributed by atoms with van der Waals surface area (Å²) in [5.74, 6) is -0.427. The Balaban J connectivity index is 1.09. The molecule has 8 rings (SSSR count). The molecule has 1 atom stereocenters. The van der Waals surface area contributed by atoms with Gasteiger partial charge in [-0.25, -0.2) is 9.59 Å². The molecule has 0 amide bonds. The van der Waals surface area contributed by atoms with Crippen LogP contribution in [0, 0.1) is 22.7 Å². The quantitative estimate of drug-likeness (QED) is 0.0754. The van der Waals surface area contributed by atoms with E-state index in [1.807, 2.05) is 146 Å². The van der Waals surface area contributed by atoms with Crippen LogP contribution in [-0.2, 0) is 9.59 Å². The van der Waals surface area contributed by atoms with Crippen LogP contribution in [0.1, 0.15) is 17.5 Å². The Labute approximate surface area is 382 Å². The Morgan fingerprint density at radius 2 is 0.879 bits per heavy atom. The molecule has 0 bridgehead atoms. The second-order valence-corrected chi connectivity index (χ2v) is 15.0. The number of allylic oxidation sites excluding steroid dienone is 2. The van der Waals surface area contributed by atoms with E-state index in [1.54, 1.807) is 36.4 Å². The number of benzene rings is 7. The van der Waals surface area contributed by atoms with Crippen molar-refractivity contribution in [1.82, 2.24) is 0 Å². The minimum atomic E-state index is -1.29. The summed E-state index contributed by atoms with van der Waals surface area (Å²) in [6.07, 6.45) is 11.5. The number of hydrogen-bond acceptors (Lipinski definition) is 8. The van der Waals surface area contributed by atoms with Gasteiger partial charge in [0.05, 0.1) is 0 Å². The molecule has 2 N–H and O–H groups in total. The minimum Gasteiger partial charge on any atom is -0.486 e. The van der Waals surface area contributed by atoms with E-state index in [0.29, 0.717) is 16.9 Å². The number of carbonyl (C=O) groups is 2. The zero-order valence-corrected chi connectivity index (χ0v) is 35.3. The smallest absolute Gasteiger partial charge is 0.346 e. The predicted octanol–water partition coefficient (Wildman–Crippen LogP) is 13.3. The maximum Gasteiger partial charge on any atom is 0.346 e. The maximum absolute atomic E-state index is 11.5. The highest BCUT2D eigenvalue weighted by Gasteiger charge is 2.17. The monoisotopic (exact) mass is 864 g/mol. The summed E-state index contributed by atoms with van der Waals surface area (Å²) >= 11 is 0. The molecule has 66 heavy (non-hydrogen) atoms. The number of aliphatic carboxylic acids is 2. The molecule has 0 heterocycles. The average Bonchev–Trinajstić information content (AvgIpc) is 3.35. The zero-order valence-electron chi connectivity index (χ0n) is 35.3. The summed E-state index contributed by atoms with van der Waals surface area (Å²) < 4.78 is 12.3. The van der Waals surface area contributed by atoms with Gasteiger partial charge in [0.25, 0.3) is 0 Å². The molecule has 1 aliphatic carbocycles. The lowest BCUT2D eigenvalue weighted by Gasteiger charge is -2.27. The highest BCUT2D eigenvalue weighted by molar-refractivity contribution is 5.97. The van der Waals surface area contributed by atoms with Gasteiger partial charge in [-0.15, -0.1) is 0 Å². The number of hydrogen-bond donors (Lipinski definition) is 2. The van der Waals surface area contributed by atoms with E-state index >= 15 is 0 Å². The first-order valence-electron chi connectivity index (χ1n) is 20.9. The second-order valence-electron chi connectivity index (χ2n) is 15.0. The number of ether oxygens (including phenoxy) is 2. The van der Waals surface area contributed by atoms with Crippen LogP contribution >= 0.6 is 0 Å². The van der Waals surface area contributed by atoms with Gasteiger partial charge in [-0.05, 0) is 150 Å². The fourth-order valence-corrected chi connectivity index (χ4v) is 7.34. The fraction of sp³-hybridized carbons (Fsp3) is 0.0357. The van der Waals surface area contributed by atoms with Crippen LogP contribution in [0.3, 0.4) is 0 Å². The van der Waals surface area contributed by atoms with E-state index in [2.05, 4.69) is 40.1 Å². The molecular formula is C56H40N4O6. The Morgan fingerprint density at radius 1 is 0.500 bits per heavy atom. The highest BCUT2D eigenvalue weighted by Crippen LogP contribution is 2.39. The molecular weight excluding hydrogens is 825 g/mol. The fourth-order valence-electron chi connectivity index (χ4n) is 7.34. The van der Waals surface area contributed by atoms with Gasteiger partial charge in [0.15, 0.2) is 0 Å². The average molecular weight is 865 g/mol. The Kier molecular flexibility index (Phi) is 13.2. The van der Waals surface area contributed by atoms with Gasteiger partial charge in [-0.3, -0.25) is 0 Å². The Hall–Kier alpha value is -9.38. The van der Waals surface area contributed by atoms with Gasteiger partial charge in [-0.1, -0.05) is 85.0 Å². The van der Waals surface area contributed by atoms with Crippen LogP contribution in [0.2, 0.25) is 0 Å². The van der Waals surface area contributed by atoms with E-state index in [1.165, 1.54) is 12.2 Å². The predicted molar refractivity (Wildman–Crippen MR) is 258 cm³/mol. The van der Waals surface area contributed by atoms with Gasteiger partial charge in [0.2, 0.25) is 0 Å². The van der Waals surface area contributed by atoms with Gasteiger partial charge >= 0.3 is 11.9 Å². The van der Waals surface area contributed by atoms with E-state index in [9.17, 15) is 30.3 Å². The number of nitriles is 2. The summed E-state index contributed by atoms with van der Waals surface area (Å²) in [6.45, 7) is 0. The normalized spacial score (nSPS) is 13.2. The molecule has 10 nitrogen and oxygen atoms in total. The molecule has 0 aliphatic heterocycles. The molecule has 10 heteroatoms. The SMILES string of the molecule is N#C/C(=C\c1ccc(N(c2ccc(Oc3ccccc3)cc2)c2ccc(-c3ccc(N(c4ccc(/C=C(\C#N)C(=O)O)cc4)c4ccc(OC5C=CC=CC5)cc4)cc3)cc2)cc1)C(=O)O. The second kappa shape index (κ2) is 20.2. The molecule has 0 saturated heterocycles. The minimum absolute atomic E-state index is 0.0428. The molecule has 0 saturated carbocycles. The van der Waals surface area contributed by atoms with Crippen LogP contribution in [-0.4, -0.2) is 28.3 Å². The van der Waals surface area contributed by atoms with Crippen molar-refractivity contribution in [2.75, 3.05) is 9.80 Å². The van der Waals surface area contributed by atoms with E-state index < -0.39 is 11.9 Å². The van der Waals surface area contributed by atoms with Crippen molar-refractivity contribution in [2.45, 2.75) is 12.5 Å². The van der Waals surface area contributed by atoms with Crippen molar-refractivity contribution < 1.29 is 29.3 Å². The van der Waals surface area contributed by atoms with Crippen LogP contribution < -0.4 is 19.3 Å². The third-order valence-electron chi connectivity index (χ3n) is 10.6. The van der Waals surface area contributed by atoms with Crippen molar-refractivity contribution >= 4 is 58.2 Å². The summed E-state index contributed by atoms with van der Waals surface area (Å²) in [7, 11) is 0. The van der Waals surface area contributed by atoms with Crippen molar-refractivity contribution in [1.29, 1.82) is 10.5 Å². The van der Waals surface area contributed by atoms with Crippen LogP contribution in [0.25, 0.3) is 23.3 Å². The molecule has 320 valence electrons. The van der Waals surface area contributed by atoms with Crippen LogP contribution in [0.4, 0.5) is 34.1 Å². The third kappa shape index (κ3) is 10.4. The number of nitrogens with zero attached hydrogens (tertiary/aromatic N) is 4. The molecule has 0 spiro atoms. The molecule has 1 unspecified atom stereocenters. The lowest BCUT2D eigenvalue weighted by molar-refractivity contribution is -0.133. The van der Waals surface area contributed by atoms with Crippen molar-refractivity contribution in [2.24, 2.45) is 0 Å². The topological polar surface area (TPSA) is 147 Å². The van der Waals surface area contributed by atoms with Gasteiger partial charge < -0.3 is 29.5 Å².